The highest BCUT2D eigenvalue weighted by Gasteiger charge is 2.08. The molecule has 0 fully saturated rings. The van der Waals surface area contributed by atoms with Gasteiger partial charge in [-0.1, -0.05) is 30.3 Å². The van der Waals surface area contributed by atoms with Crippen LogP contribution in [0, 0.1) is 3.57 Å². The molecular weight excluding hydrogens is 343 g/mol. The highest BCUT2D eigenvalue weighted by Crippen LogP contribution is 2.09. The van der Waals surface area contributed by atoms with Crippen LogP contribution in [0.4, 0.5) is 0 Å². The molecule has 0 aliphatic heterocycles. The summed E-state index contributed by atoms with van der Waals surface area (Å²) in [5.41, 5.74) is 1.70. The van der Waals surface area contributed by atoms with Crippen molar-refractivity contribution >= 4 is 22.6 Å². The molecule has 5 heteroatoms. The minimum absolute atomic E-state index is 0.108. The van der Waals surface area contributed by atoms with Crippen molar-refractivity contribution in [3.05, 3.63) is 61.3 Å². The maximum atomic E-state index is 11.8. The van der Waals surface area contributed by atoms with Gasteiger partial charge in [0.2, 0.25) is 0 Å². The molecule has 0 unspecified atom stereocenters. The fraction of sp³-hybridized carbons (Fsp3) is 0.231. The van der Waals surface area contributed by atoms with Crippen LogP contribution in [-0.2, 0) is 17.8 Å². The molecule has 0 saturated carbocycles. The molecule has 1 aromatic carbocycles. The average Bonchev–Trinajstić information content (AvgIpc) is 2.37. The molecule has 0 saturated heterocycles. The Hall–Kier alpha value is -1.21. The lowest BCUT2D eigenvalue weighted by Crippen LogP contribution is -2.18. The van der Waals surface area contributed by atoms with Crippen LogP contribution in [0.2, 0.25) is 0 Å². The van der Waals surface area contributed by atoms with E-state index in [9.17, 15) is 4.79 Å². The Balaban J connectivity index is 2.32. The second-order valence-electron chi connectivity index (χ2n) is 3.87. The number of benzene rings is 1. The summed E-state index contributed by atoms with van der Waals surface area (Å²) in [5, 5.41) is 0. The van der Waals surface area contributed by atoms with E-state index in [0.29, 0.717) is 28.1 Å². The summed E-state index contributed by atoms with van der Waals surface area (Å²) in [5.74, 6) is 0.665. The first-order chi connectivity index (χ1) is 8.70. The number of nitrogens with one attached hydrogen (secondary N) is 1. The van der Waals surface area contributed by atoms with Crippen LogP contribution >= 0.6 is 22.6 Å². The predicted octanol–water partition coefficient (Wildman–Crippen LogP) is 2.11. The van der Waals surface area contributed by atoms with Crippen LogP contribution < -0.4 is 5.56 Å². The standard InChI is InChI=1S/C13H13IN2O2/c1-18-8-10-12(14)13(17)16-11(15-10)7-9-5-3-2-4-6-9/h2-6H,7-8H2,1H3,(H,15,16,17). The first kappa shape index (κ1) is 13.2. The molecule has 0 radical (unpaired) electrons. The van der Waals surface area contributed by atoms with E-state index >= 15 is 0 Å². The van der Waals surface area contributed by atoms with Crippen LogP contribution in [0.3, 0.4) is 0 Å². The van der Waals surface area contributed by atoms with Gasteiger partial charge < -0.3 is 9.72 Å². The van der Waals surface area contributed by atoms with E-state index in [1.807, 2.05) is 52.9 Å². The zero-order chi connectivity index (χ0) is 13.0. The SMILES string of the molecule is COCc1nc(Cc2ccccc2)[nH]c(=O)c1I. The molecule has 0 spiro atoms. The van der Waals surface area contributed by atoms with Crippen molar-refractivity contribution in [2.24, 2.45) is 0 Å². The zero-order valence-electron chi connectivity index (χ0n) is 9.94. The van der Waals surface area contributed by atoms with Crippen molar-refractivity contribution < 1.29 is 4.74 Å². The van der Waals surface area contributed by atoms with E-state index < -0.39 is 0 Å². The fourth-order valence-electron chi connectivity index (χ4n) is 1.66. The number of aromatic nitrogens is 2. The monoisotopic (exact) mass is 356 g/mol. The van der Waals surface area contributed by atoms with E-state index in [1.165, 1.54) is 0 Å². The van der Waals surface area contributed by atoms with Gasteiger partial charge in [-0.15, -0.1) is 0 Å². The van der Waals surface area contributed by atoms with Gasteiger partial charge in [0, 0.05) is 13.5 Å². The second kappa shape index (κ2) is 6.10. The zero-order valence-corrected chi connectivity index (χ0v) is 12.1. The molecule has 1 heterocycles. The van der Waals surface area contributed by atoms with Gasteiger partial charge >= 0.3 is 0 Å². The van der Waals surface area contributed by atoms with Crippen molar-refractivity contribution in [3.63, 3.8) is 0 Å². The van der Waals surface area contributed by atoms with Gasteiger partial charge in [0.25, 0.3) is 5.56 Å². The highest BCUT2D eigenvalue weighted by atomic mass is 127. The van der Waals surface area contributed by atoms with Crippen LogP contribution in [0.25, 0.3) is 0 Å². The summed E-state index contributed by atoms with van der Waals surface area (Å²) < 4.78 is 5.64. The normalized spacial score (nSPS) is 10.6. The smallest absolute Gasteiger partial charge is 0.264 e. The van der Waals surface area contributed by atoms with Gasteiger partial charge in [0.1, 0.15) is 9.39 Å². The number of rotatable bonds is 4. The first-order valence-corrected chi connectivity index (χ1v) is 6.59. The van der Waals surface area contributed by atoms with Crippen LogP contribution in [0.15, 0.2) is 35.1 Å². The molecule has 1 N–H and O–H groups in total. The Morgan fingerprint density at radius 1 is 1.33 bits per heavy atom. The predicted molar refractivity (Wildman–Crippen MR) is 77.5 cm³/mol. The third-order valence-electron chi connectivity index (χ3n) is 2.48. The number of hydrogen-bond acceptors (Lipinski definition) is 3. The maximum Gasteiger partial charge on any atom is 0.264 e. The third-order valence-corrected chi connectivity index (χ3v) is 3.59. The molecule has 4 nitrogen and oxygen atoms in total. The number of H-pyrrole nitrogens is 1. The molecule has 2 rings (SSSR count). The molecule has 0 bridgehead atoms. The molecule has 0 atom stereocenters. The van der Waals surface area contributed by atoms with E-state index in [-0.39, 0.29) is 5.56 Å². The number of nitrogens with zero attached hydrogens (tertiary/aromatic N) is 1. The summed E-state index contributed by atoms with van der Waals surface area (Å²) >= 11 is 1.99. The Labute approximate surface area is 119 Å². The number of aromatic amines is 1. The number of ether oxygens (including phenoxy) is 1. The summed E-state index contributed by atoms with van der Waals surface area (Å²) in [7, 11) is 1.59. The number of hydrogen-bond donors (Lipinski definition) is 1. The van der Waals surface area contributed by atoms with E-state index in [2.05, 4.69) is 9.97 Å². The Bertz CT molecular complexity index is 581. The molecule has 94 valence electrons. The van der Waals surface area contributed by atoms with Crippen LogP contribution in [0.5, 0.6) is 0 Å². The lowest BCUT2D eigenvalue weighted by Gasteiger charge is -2.06. The first-order valence-electron chi connectivity index (χ1n) is 5.51. The van der Waals surface area contributed by atoms with Gasteiger partial charge in [0.05, 0.1) is 12.3 Å². The van der Waals surface area contributed by atoms with Gasteiger partial charge in [-0.3, -0.25) is 4.79 Å². The quantitative estimate of drug-likeness (QED) is 0.854. The summed E-state index contributed by atoms with van der Waals surface area (Å²) in [6.45, 7) is 0.351. The molecular formula is C13H13IN2O2. The number of halogens is 1. The van der Waals surface area contributed by atoms with E-state index in [0.717, 1.165) is 5.56 Å². The Kier molecular flexibility index (Phi) is 4.48. The third kappa shape index (κ3) is 3.17. The lowest BCUT2D eigenvalue weighted by molar-refractivity contribution is 0.180. The highest BCUT2D eigenvalue weighted by molar-refractivity contribution is 14.1. The van der Waals surface area contributed by atoms with Crippen LogP contribution in [0.1, 0.15) is 17.1 Å². The lowest BCUT2D eigenvalue weighted by atomic mass is 10.1. The maximum absolute atomic E-state index is 11.8. The molecule has 2 aromatic rings. The molecule has 0 aliphatic carbocycles. The second-order valence-corrected chi connectivity index (χ2v) is 4.95. The van der Waals surface area contributed by atoms with Crippen molar-refractivity contribution in [1.29, 1.82) is 0 Å². The summed E-state index contributed by atoms with van der Waals surface area (Å²) in [4.78, 5) is 19.0. The minimum Gasteiger partial charge on any atom is -0.378 e. The Morgan fingerprint density at radius 3 is 2.72 bits per heavy atom. The number of methoxy groups -OCH3 is 1. The fourth-order valence-corrected chi connectivity index (χ4v) is 2.07. The van der Waals surface area contributed by atoms with Gasteiger partial charge in [-0.2, -0.15) is 0 Å². The minimum atomic E-state index is -0.108. The van der Waals surface area contributed by atoms with Crippen molar-refractivity contribution in [3.8, 4) is 0 Å². The molecule has 18 heavy (non-hydrogen) atoms. The molecule has 1 aromatic heterocycles. The summed E-state index contributed by atoms with van der Waals surface area (Å²) in [6, 6.07) is 9.91. The van der Waals surface area contributed by atoms with Crippen molar-refractivity contribution in [1.82, 2.24) is 9.97 Å². The van der Waals surface area contributed by atoms with Crippen LogP contribution in [-0.4, -0.2) is 17.1 Å². The van der Waals surface area contributed by atoms with Gasteiger partial charge in [-0.25, -0.2) is 4.98 Å². The van der Waals surface area contributed by atoms with Gasteiger partial charge in [-0.05, 0) is 28.2 Å². The van der Waals surface area contributed by atoms with E-state index in [1.54, 1.807) is 7.11 Å². The largest absolute Gasteiger partial charge is 0.378 e. The topological polar surface area (TPSA) is 55.0 Å². The van der Waals surface area contributed by atoms with E-state index in [4.69, 9.17) is 4.74 Å². The average molecular weight is 356 g/mol. The Morgan fingerprint density at radius 2 is 2.06 bits per heavy atom. The van der Waals surface area contributed by atoms with Crippen molar-refractivity contribution in [2.45, 2.75) is 13.0 Å². The summed E-state index contributed by atoms with van der Waals surface area (Å²) in [6.07, 6.45) is 0.615. The molecule has 0 aliphatic rings. The van der Waals surface area contributed by atoms with Crippen molar-refractivity contribution in [2.75, 3.05) is 7.11 Å². The van der Waals surface area contributed by atoms with Gasteiger partial charge in [0.15, 0.2) is 0 Å². The molecule has 0 amide bonds.